The van der Waals surface area contributed by atoms with Crippen LogP contribution in [-0.2, 0) is 9.09 Å². The highest BCUT2D eigenvalue weighted by Gasteiger charge is 2.33. The Labute approximate surface area is 146 Å². The van der Waals surface area contributed by atoms with E-state index in [1.807, 2.05) is 25.6 Å². The normalized spacial score (nSPS) is 16.0. The Hall–Kier alpha value is 0.940. The van der Waals surface area contributed by atoms with Crippen LogP contribution in [0.5, 0.6) is 0 Å². The van der Waals surface area contributed by atoms with Crippen molar-refractivity contribution < 1.29 is 26.0 Å². The summed E-state index contributed by atoms with van der Waals surface area (Å²) in [7, 11) is 6.81. The van der Waals surface area contributed by atoms with Crippen LogP contribution in [0.25, 0.3) is 0 Å². The third-order valence-corrected chi connectivity index (χ3v) is 6.88. The minimum Gasteiger partial charge on any atom is -1.00 e. The van der Waals surface area contributed by atoms with Crippen LogP contribution in [0.2, 0.25) is 0 Å². The molecule has 1 atom stereocenters. The molecule has 0 aliphatic carbocycles. The smallest absolute Gasteiger partial charge is 0.272 e. The predicted molar refractivity (Wildman–Crippen MR) is 87.3 cm³/mol. The van der Waals surface area contributed by atoms with Gasteiger partial charge in [0, 0.05) is 18.8 Å². The summed E-state index contributed by atoms with van der Waals surface area (Å²) >= 11 is 11.6. The summed E-state index contributed by atoms with van der Waals surface area (Å²) in [6, 6.07) is 0. The molecule has 0 heterocycles. The zero-order valence-electron chi connectivity index (χ0n) is 14.1. The van der Waals surface area contributed by atoms with Gasteiger partial charge in [-0.3, -0.25) is 4.57 Å². The Morgan fingerprint density at radius 2 is 1.71 bits per heavy atom. The van der Waals surface area contributed by atoms with Gasteiger partial charge in [-0.1, -0.05) is 0 Å². The van der Waals surface area contributed by atoms with E-state index in [4.69, 9.17) is 28.1 Å². The zero-order valence-corrected chi connectivity index (χ0v) is 17.2. The Bertz CT molecular complexity index is 349. The molecular formula is C12H29Cl3N3O2P. The van der Waals surface area contributed by atoms with Crippen LogP contribution >= 0.6 is 31.1 Å². The summed E-state index contributed by atoms with van der Waals surface area (Å²) in [5, 5.41) is 0. The molecule has 0 saturated heterocycles. The second-order valence-corrected chi connectivity index (χ2v) is 10.4. The van der Waals surface area contributed by atoms with Crippen LogP contribution in [0.3, 0.4) is 0 Å². The summed E-state index contributed by atoms with van der Waals surface area (Å²) < 4.78 is 21.9. The van der Waals surface area contributed by atoms with Gasteiger partial charge in [-0.25, -0.2) is 4.67 Å². The van der Waals surface area contributed by atoms with Crippen LogP contribution in [0.4, 0.5) is 0 Å². The van der Waals surface area contributed by atoms with Gasteiger partial charge in [0.05, 0.1) is 34.2 Å². The maximum absolute atomic E-state index is 12.9. The van der Waals surface area contributed by atoms with E-state index in [1.165, 1.54) is 7.11 Å². The molecule has 0 amide bonds. The van der Waals surface area contributed by atoms with Crippen molar-refractivity contribution in [2.45, 2.75) is 25.8 Å². The predicted octanol–water partition coefficient (Wildman–Crippen LogP) is 0.246. The summed E-state index contributed by atoms with van der Waals surface area (Å²) in [6.45, 7) is 5.41. The first-order valence-corrected chi connectivity index (χ1v) is 9.07. The van der Waals surface area contributed by atoms with E-state index in [-0.39, 0.29) is 12.4 Å². The molecule has 0 aromatic carbocycles. The Morgan fingerprint density at radius 3 is 2.05 bits per heavy atom. The van der Waals surface area contributed by atoms with Crippen molar-refractivity contribution in [3.8, 4) is 0 Å². The first-order valence-electron chi connectivity index (χ1n) is 6.63. The molecule has 0 aromatic rings. The molecular weight excluding hydrogens is 355 g/mol. The molecule has 9 heteroatoms. The Balaban J connectivity index is 0. The number of hydrogen-bond donors (Lipinski definition) is 0. The third kappa shape index (κ3) is 8.97. The average molecular weight is 385 g/mol. The minimum absolute atomic E-state index is 0. The van der Waals surface area contributed by atoms with Gasteiger partial charge in [0.1, 0.15) is 0 Å². The second-order valence-electron chi connectivity index (χ2n) is 6.73. The highest BCUT2D eigenvalue weighted by atomic mass is 35.5. The highest BCUT2D eigenvalue weighted by molar-refractivity contribution is 7.56. The number of likely N-dealkylation sites (N-methyl/N-ethyl adjacent to an activating group) is 2. The SMILES string of the molecule is COP(=O)(CCC(C)(C)N(Cl)Cl)N(C)CC[N+](C)(C)C.[Cl-]. The Kier molecular flexibility index (Phi) is 10.7. The first kappa shape index (κ1) is 24.2. The standard InChI is InChI=1S/C12H29Cl2N3O2P.ClH/c1-12(2,16(13)14)8-11-20(18,19-7)15(3)9-10-17(4,5)6;/h8-11H2,1-7H3;1H/q+1;/p-1. The van der Waals surface area contributed by atoms with Crippen LogP contribution < -0.4 is 12.4 Å². The van der Waals surface area contributed by atoms with Gasteiger partial charge in [-0.2, -0.15) is 0 Å². The van der Waals surface area contributed by atoms with E-state index in [0.29, 0.717) is 19.1 Å². The Morgan fingerprint density at radius 1 is 1.24 bits per heavy atom. The quantitative estimate of drug-likeness (QED) is 0.324. The van der Waals surface area contributed by atoms with Gasteiger partial charge in [-0.15, -0.1) is 3.94 Å². The van der Waals surface area contributed by atoms with Gasteiger partial charge >= 0.3 is 0 Å². The van der Waals surface area contributed by atoms with Gasteiger partial charge in [0.25, 0.3) is 7.52 Å². The van der Waals surface area contributed by atoms with Crippen molar-refractivity contribution in [1.82, 2.24) is 8.61 Å². The maximum atomic E-state index is 12.9. The molecule has 0 N–H and O–H groups in total. The molecule has 0 radical (unpaired) electrons. The van der Waals surface area contributed by atoms with E-state index in [1.54, 1.807) is 0 Å². The lowest BCUT2D eigenvalue weighted by molar-refractivity contribution is -0.869. The molecule has 0 bridgehead atoms. The van der Waals surface area contributed by atoms with E-state index < -0.39 is 13.1 Å². The van der Waals surface area contributed by atoms with Crippen molar-refractivity contribution in [1.29, 1.82) is 0 Å². The molecule has 21 heavy (non-hydrogen) atoms. The summed E-state index contributed by atoms with van der Waals surface area (Å²) in [5.41, 5.74) is -0.446. The molecule has 1 unspecified atom stereocenters. The second kappa shape index (κ2) is 9.29. The highest BCUT2D eigenvalue weighted by Crippen LogP contribution is 2.50. The van der Waals surface area contributed by atoms with Crippen molar-refractivity contribution in [2.24, 2.45) is 0 Å². The average Bonchev–Trinajstić information content (AvgIpc) is 2.32. The molecule has 0 aliphatic rings. The van der Waals surface area contributed by atoms with E-state index in [9.17, 15) is 4.57 Å². The fourth-order valence-corrected chi connectivity index (χ4v) is 3.69. The largest absolute Gasteiger partial charge is 1.00 e. The molecule has 0 spiro atoms. The lowest BCUT2D eigenvalue weighted by Gasteiger charge is -2.33. The molecule has 0 aliphatic heterocycles. The molecule has 130 valence electrons. The summed E-state index contributed by atoms with van der Waals surface area (Å²) in [6.07, 6.45) is 1.000. The lowest BCUT2D eigenvalue weighted by Crippen LogP contribution is -3.00. The molecule has 0 saturated carbocycles. The lowest BCUT2D eigenvalue weighted by atomic mass is 10.0. The van der Waals surface area contributed by atoms with Gasteiger partial charge in [-0.05, 0) is 50.9 Å². The number of nitrogens with zero attached hydrogens (tertiary/aromatic N) is 3. The summed E-state index contributed by atoms with van der Waals surface area (Å²) in [5.74, 6) is 0. The molecule has 5 nitrogen and oxygen atoms in total. The number of hydrogen-bond acceptors (Lipinski definition) is 3. The van der Waals surface area contributed by atoms with E-state index >= 15 is 0 Å². The molecule has 0 aromatic heterocycles. The van der Waals surface area contributed by atoms with Gasteiger partial charge in [0.15, 0.2) is 0 Å². The van der Waals surface area contributed by atoms with Crippen LogP contribution in [0.1, 0.15) is 20.3 Å². The number of quaternary nitrogens is 1. The topological polar surface area (TPSA) is 32.8 Å². The van der Waals surface area contributed by atoms with Crippen molar-refractivity contribution >= 4 is 31.1 Å². The zero-order chi connectivity index (χ0) is 16.2. The molecule has 0 rings (SSSR count). The first-order chi connectivity index (χ1) is 8.84. The van der Waals surface area contributed by atoms with Gasteiger partial charge in [0.2, 0.25) is 0 Å². The fourth-order valence-electron chi connectivity index (χ4n) is 1.50. The van der Waals surface area contributed by atoms with Crippen LogP contribution in [0, 0.1) is 0 Å². The van der Waals surface area contributed by atoms with E-state index in [0.717, 1.165) is 15.0 Å². The third-order valence-electron chi connectivity index (χ3n) is 3.36. The fraction of sp³-hybridized carbons (Fsp3) is 1.00. The monoisotopic (exact) mass is 383 g/mol. The van der Waals surface area contributed by atoms with Crippen molar-refractivity contribution in [3.63, 3.8) is 0 Å². The van der Waals surface area contributed by atoms with Gasteiger partial charge < -0.3 is 21.4 Å². The van der Waals surface area contributed by atoms with E-state index in [2.05, 4.69) is 21.1 Å². The maximum Gasteiger partial charge on any atom is 0.272 e. The molecule has 0 fully saturated rings. The van der Waals surface area contributed by atoms with Crippen LogP contribution in [0.15, 0.2) is 0 Å². The van der Waals surface area contributed by atoms with Crippen molar-refractivity contribution in [3.05, 3.63) is 0 Å². The number of rotatable bonds is 9. The van der Waals surface area contributed by atoms with Crippen LogP contribution in [-0.4, -0.2) is 73.2 Å². The summed E-state index contributed by atoms with van der Waals surface area (Å²) in [4.78, 5) is 0. The van der Waals surface area contributed by atoms with Crippen molar-refractivity contribution in [2.75, 3.05) is 54.6 Å². The minimum atomic E-state index is -2.83. The number of halogens is 3.